The second-order valence-corrected chi connectivity index (χ2v) is 6.32. The van der Waals surface area contributed by atoms with Gasteiger partial charge in [-0.3, -0.25) is 4.79 Å². The fourth-order valence-electron chi connectivity index (χ4n) is 2.73. The Hall–Kier alpha value is -3.61. The molecule has 150 valence electrons. The van der Waals surface area contributed by atoms with Crippen molar-refractivity contribution in [1.29, 1.82) is 0 Å². The van der Waals surface area contributed by atoms with Crippen LogP contribution in [0.1, 0.15) is 21.6 Å². The van der Waals surface area contributed by atoms with Crippen molar-refractivity contribution in [1.82, 2.24) is 15.3 Å². The predicted octanol–water partition coefficient (Wildman–Crippen LogP) is 3.08. The minimum Gasteiger partial charge on any atom is -0.497 e. The van der Waals surface area contributed by atoms with Crippen LogP contribution in [-0.2, 0) is 13.0 Å². The van der Waals surface area contributed by atoms with Crippen molar-refractivity contribution in [2.45, 2.75) is 13.0 Å². The minimum atomic E-state index is -0.234. The summed E-state index contributed by atoms with van der Waals surface area (Å²) in [5, 5.41) is 6.02. The Morgan fingerprint density at radius 2 is 1.76 bits per heavy atom. The van der Waals surface area contributed by atoms with E-state index >= 15 is 0 Å². The van der Waals surface area contributed by atoms with Crippen LogP contribution in [0.5, 0.6) is 11.5 Å². The molecule has 0 unspecified atom stereocenters. The number of carbonyl (C=O) groups is 1. The van der Waals surface area contributed by atoms with Crippen molar-refractivity contribution in [2.24, 2.45) is 0 Å². The molecule has 2 N–H and O–H groups in total. The van der Waals surface area contributed by atoms with E-state index in [2.05, 4.69) is 20.6 Å². The lowest BCUT2D eigenvalue weighted by Crippen LogP contribution is -2.26. The van der Waals surface area contributed by atoms with Crippen molar-refractivity contribution < 1.29 is 14.3 Å². The summed E-state index contributed by atoms with van der Waals surface area (Å²) in [6.07, 6.45) is 2.27. The first-order valence-corrected chi connectivity index (χ1v) is 9.29. The molecule has 1 heterocycles. The molecule has 29 heavy (non-hydrogen) atoms. The maximum absolute atomic E-state index is 12.4. The number of ether oxygens (including phenoxy) is 2. The van der Waals surface area contributed by atoms with E-state index in [9.17, 15) is 4.79 Å². The number of aromatic nitrogens is 2. The fraction of sp³-hybridized carbons (Fsp3) is 0.227. The molecule has 0 saturated heterocycles. The first kappa shape index (κ1) is 20.1. The lowest BCUT2D eigenvalue weighted by molar-refractivity contribution is 0.0949. The van der Waals surface area contributed by atoms with Crippen molar-refractivity contribution in [3.63, 3.8) is 0 Å². The van der Waals surface area contributed by atoms with Gasteiger partial charge in [0, 0.05) is 19.3 Å². The topological polar surface area (TPSA) is 85.4 Å². The van der Waals surface area contributed by atoms with Crippen LogP contribution in [0.25, 0.3) is 0 Å². The molecule has 0 atom stereocenters. The average molecular weight is 392 g/mol. The van der Waals surface area contributed by atoms with E-state index in [1.807, 2.05) is 48.5 Å². The number of rotatable bonds is 9. The van der Waals surface area contributed by atoms with Crippen molar-refractivity contribution in [2.75, 3.05) is 26.1 Å². The van der Waals surface area contributed by atoms with Gasteiger partial charge in [-0.25, -0.2) is 9.97 Å². The van der Waals surface area contributed by atoms with E-state index in [-0.39, 0.29) is 5.91 Å². The van der Waals surface area contributed by atoms with Gasteiger partial charge in [0.25, 0.3) is 5.91 Å². The molecule has 0 spiro atoms. The zero-order valence-electron chi connectivity index (χ0n) is 16.5. The van der Waals surface area contributed by atoms with Crippen LogP contribution in [0.3, 0.4) is 0 Å². The Kier molecular flexibility index (Phi) is 7.00. The summed E-state index contributed by atoms with van der Waals surface area (Å²) in [5.41, 5.74) is 2.47. The molecule has 0 aliphatic carbocycles. The summed E-state index contributed by atoms with van der Waals surface area (Å²) < 4.78 is 10.4. The molecule has 1 aromatic heterocycles. The van der Waals surface area contributed by atoms with Crippen molar-refractivity contribution in [3.8, 4) is 11.5 Å². The molecule has 7 heteroatoms. The lowest BCUT2D eigenvalue weighted by atomic mass is 10.1. The van der Waals surface area contributed by atoms with Gasteiger partial charge in [-0.05, 0) is 47.9 Å². The normalized spacial score (nSPS) is 10.3. The van der Waals surface area contributed by atoms with Crippen LogP contribution in [0.2, 0.25) is 0 Å². The molecule has 0 aliphatic heterocycles. The van der Waals surface area contributed by atoms with Crippen LogP contribution >= 0.6 is 0 Å². The van der Waals surface area contributed by atoms with Crippen LogP contribution in [0.15, 0.2) is 60.8 Å². The second-order valence-electron chi connectivity index (χ2n) is 6.32. The molecule has 7 nitrogen and oxygen atoms in total. The Bertz CT molecular complexity index is 945. The Morgan fingerprint density at radius 1 is 0.966 bits per heavy atom. The summed E-state index contributed by atoms with van der Waals surface area (Å²) in [6.45, 7) is 1.05. The van der Waals surface area contributed by atoms with E-state index in [0.717, 1.165) is 22.6 Å². The number of methoxy groups -OCH3 is 2. The molecular weight excluding hydrogens is 368 g/mol. The summed E-state index contributed by atoms with van der Waals surface area (Å²) in [4.78, 5) is 20.9. The third-order valence-electron chi connectivity index (χ3n) is 4.33. The van der Waals surface area contributed by atoms with Crippen LogP contribution < -0.4 is 20.1 Å². The molecule has 0 fully saturated rings. The maximum Gasteiger partial charge on any atom is 0.270 e. The van der Waals surface area contributed by atoms with E-state index in [0.29, 0.717) is 31.2 Å². The fourth-order valence-corrected chi connectivity index (χ4v) is 2.73. The number of hydrogen-bond acceptors (Lipinski definition) is 6. The van der Waals surface area contributed by atoms with E-state index in [4.69, 9.17) is 9.47 Å². The molecule has 2 aromatic carbocycles. The number of nitrogens with one attached hydrogen (secondary N) is 2. The van der Waals surface area contributed by atoms with E-state index < -0.39 is 0 Å². The number of carbonyl (C=O) groups excluding carboxylic acids is 1. The number of nitrogens with zero attached hydrogens (tertiary/aromatic N) is 2. The van der Waals surface area contributed by atoms with Gasteiger partial charge in [0.2, 0.25) is 5.95 Å². The molecule has 3 rings (SSSR count). The molecular formula is C22H24N4O3. The molecule has 0 bridgehead atoms. The van der Waals surface area contributed by atoms with Crippen LogP contribution in [-0.4, -0.2) is 36.6 Å². The zero-order chi connectivity index (χ0) is 20.5. The summed E-state index contributed by atoms with van der Waals surface area (Å²) in [6, 6.07) is 17.1. The predicted molar refractivity (Wildman–Crippen MR) is 111 cm³/mol. The van der Waals surface area contributed by atoms with Gasteiger partial charge in [-0.2, -0.15) is 0 Å². The largest absolute Gasteiger partial charge is 0.497 e. The van der Waals surface area contributed by atoms with Crippen molar-refractivity contribution >= 4 is 11.9 Å². The first-order valence-electron chi connectivity index (χ1n) is 9.29. The highest BCUT2D eigenvalue weighted by molar-refractivity contribution is 5.92. The standard InChI is InChI=1S/C22H24N4O3/c1-28-18-8-6-17(7-9-18)15-25-22-24-13-11-20(26-22)21(27)23-12-10-16-4-3-5-19(14-16)29-2/h3-9,11,13-14H,10,12,15H2,1-2H3,(H,23,27)(H,24,25,26). The van der Waals surface area contributed by atoms with Gasteiger partial charge in [-0.15, -0.1) is 0 Å². The highest BCUT2D eigenvalue weighted by atomic mass is 16.5. The summed E-state index contributed by atoms with van der Waals surface area (Å²) in [7, 11) is 3.27. The smallest absolute Gasteiger partial charge is 0.270 e. The number of anilines is 1. The SMILES string of the molecule is COc1ccc(CNc2nccc(C(=O)NCCc3cccc(OC)c3)n2)cc1. The van der Waals surface area contributed by atoms with Gasteiger partial charge in [0.05, 0.1) is 14.2 Å². The first-order chi connectivity index (χ1) is 14.2. The Morgan fingerprint density at radius 3 is 2.52 bits per heavy atom. The summed E-state index contributed by atoms with van der Waals surface area (Å²) in [5.74, 6) is 1.78. The number of benzene rings is 2. The quantitative estimate of drug-likeness (QED) is 0.582. The number of hydrogen-bond donors (Lipinski definition) is 2. The van der Waals surface area contributed by atoms with Crippen LogP contribution in [0.4, 0.5) is 5.95 Å². The van der Waals surface area contributed by atoms with Gasteiger partial charge in [0.15, 0.2) is 0 Å². The number of amides is 1. The van der Waals surface area contributed by atoms with Gasteiger partial charge in [0.1, 0.15) is 17.2 Å². The Labute approximate surface area is 170 Å². The van der Waals surface area contributed by atoms with Gasteiger partial charge in [-0.1, -0.05) is 24.3 Å². The second kappa shape index (κ2) is 10.1. The lowest BCUT2D eigenvalue weighted by Gasteiger charge is -2.08. The van der Waals surface area contributed by atoms with E-state index in [1.165, 1.54) is 0 Å². The minimum absolute atomic E-state index is 0.234. The highest BCUT2D eigenvalue weighted by Gasteiger charge is 2.08. The van der Waals surface area contributed by atoms with E-state index in [1.54, 1.807) is 26.5 Å². The molecule has 1 amide bonds. The maximum atomic E-state index is 12.4. The van der Waals surface area contributed by atoms with Gasteiger partial charge < -0.3 is 20.1 Å². The molecule has 0 saturated carbocycles. The highest BCUT2D eigenvalue weighted by Crippen LogP contribution is 2.13. The average Bonchev–Trinajstić information content (AvgIpc) is 2.78. The third-order valence-corrected chi connectivity index (χ3v) is 4.33. The monoisotopic (exact) mass is 392 g/mol. The molecule has 3 aromatic rings. The zero-order valence-corrected chi connectivity index (χ0v) is 16.5. The Balaban J connectivity index is 1.51. The molecule has 0 radical (unpaired) electrons. The van der Waals surface area contributed by atoms with Gasteiger partial charge >= 0.3 is 0 Å². The van der Waals surface area contributed by atoms with Crippen LogP contribution in [0, 0.1) is 0 Å². The third kappa shape index (κ3) is 5.93. The molecule has 0 aliphatic rings. The summed E-state index contributed by atoms with van der Waals surface area (Å²) >= 11 is 0. The van der Waals surface area contributed by atoms with Crippen molar-refractivity contribution in [3.05, 3.63) is 77.6 Å².